The lowest BCUT2D eigenvalue weighted by Gasteiger charge is -2.23. The Morgan fingerprint density at radius 1 is 1.23 bits per heavy atom. The molecular formula is C6H14ClNO5. The number of hydrogen-bond acceptors (Lipinski definition) is 6. The van der Waals surface area contributed by atoms with E-state index in [1.54, 1.807) is 0 Å². The molecule has 0 fully saturated rings. The van der Waals surface area contributed by atoms with E-state index in [1.165, 1.54) is 0 Å². The van der Waals surface area contributed by atoms with Crippen LogP contribution in [0.4, 0.5) is 0 Å². The number of aldehydes is 1. The fourth-order valence-corrected chi connectivity index (χ4v) is 0.644. The van der Waals surface area contributed by atoms with Gasteiger partial charge in [0.1, 0.15) is 24.6 Å². The summed E-state index contributed by atoms with van der Waals surface area (Å²) in [5, 5.41) is 35.2. The third-order valence-electron chi connectivity index (χ3n) is 1.48. The van der Waals surface area contributed by atoms with Gasteiger partial charge in [0.15, 0.2) is 0 Å². The molecule has 80 valence electrons. The molecule has 0 aromatic heterocycles. The second kappa shape index (κ2) is 7.19. The van der Waals surface area contributed by atoms with Crippen LogP contribution < -0.4 is 5.73 Å². The average molecular weight is 217 g/mol. The lowest BCUT2D eigenvalue weighted by molar-refractivity contribution is -0.118. The molecule has 0 amide bonds. The number of halogens is 1. The van der Waals surface area contributed by atoms with Gasteiger partial charge >= 0.3 is 0 Å². The van der Waals surface area contributed by atoms with Crippen molar-refractivity contribution in [1.29, 1.82) is 0 Å². The van der Waals surface area contributed by atoms with E-state index in [4.69, 9.17) is 26.2 Å². The van der Waals surface area contributed by atoms with Crippen molar-refractivity contribution < 1.29 is 25.2 Å². The average Bonchev–Trinajstić information content (AvgIpc) is 2.12. The molecule has 13 heavy (non-hydrogen) atoms. The van der Waals surface area contributed by atoms with Gasteiger partial charge in [-0.25, -0.2) is 0 Å². The van der Waals surface area contributed by atoms with E-state index in [9.17, 15) is 4.79 Å². The van der Waals surface area contributed by atoms with Gasteiger partial charge in [-0.2, -0.15) is 0 Å². The molecule has 0 aromatic carbocycles. The number of rotatable bonds is 5. The van der Waals surface area contributed by atoms with Crippen LogP contribution in [0.25, 0.3) is 0 Å². The second-order valence-electron chi connectivity index (χ2n) is 2.44. The molecule has 0 saturated heterocycles. The summed E-state index contributed by atoms with van der Waals surface area (Å²) < 4.78 is 0. The van der Waals surface area contributed by atoms with Crippen LogP contribution in [-0.4, -0.2) is 57.7 Å². The first-order chi connectivity index (χ1) is 5.54. The molecule has 6 nitrogen and oxygen atoms in total. The summed E-state index contributed by atoms with van der Waals surface area (Å²) in [5.41, 5.74) is 5.04. The van der Waals surface area contributed by atoms with Gasteiger partial charge in [-0.15, -0.1) is 12.4 Å². The first-order valence-electron chi connectivity index (χ1n) is 3.40. The highest BCUT2D eigenvalue weighted by atomic mass is 35.5. The maximum absolute atomic E-state index is 10.0. The van der Waals surface area contributed by atoms with Crippen molar-refractivity contribution in [3.8, 4) is 0 Å². The van der Waals surface area contributed by atoms with Gasteiger partial charge in [-0.05, 0) is 0 Å². The maximum Gasteiger partial charge on any atom is 0.139 e. The van der Waals surface area contributed by atoms with Crippen LogP contribution in [0.2, 0.25) is 0 Å². The smallest absolute Gasteiger partial charge is 0.139 e. The number of carbonyl (C=O) groups is 1. The van der Waals surface area contributed by atoms with Gasteiger partial charge in [-0.1, -0.05) is 0 Å². The Morgan fingerprint density at radius 2 is 1.69 bits per heavy atom. The normalized spacial score (nSPS) is 19.5. The van der Waals surface area contributed by atoms with Crippen molar-refractivity contribution in [2.24, 2.45) is 5.73 Å². The highest BCUT2D eigenvalue weighted by Gasteiger charge is 2.28. The molecule has 0 saturated carbocycles. The lowest BCUT2D eigenvalue weighted by Crippen LogP contribution is -2.49. The zero-order valence-electron chi connectivity index (χ0n) is 6.78. The van der Waals surface area contributed by atoms with Crippen LogP contribution in [0.15, 0.2) is 0 Å². The first-order valence-corrected chi connectivity index (χ1v) is 3.40. The molecule has 0 unspecified atom stereocenters. The molecule has 0 spiro atoms. The molecule has 7 heteroatoms. The molecule has 4 atom stereocenters. The highest BCUT2D eigenvalue weighted by Crippen LogP contribution is 2.01. The van der Waals surface area contributed by atoms with E-state index in [0.717, 1.165) is 0 Å². The van der Waals surface area contributed by atoms with E-state index in [0.29, 0.717) is 0 Å². The molecule has 0 bridgehead atoms. The molecule has 0 aliphatic carbocycles. The van der Waals surface area contributed by atoms with Gasteiger partial charge in [0.05, 0.1) is 12.6 Å². The summed E-state index contributed by atoms with van der Waals surface area (Å²) in [7, 11) is 0. The third kappa shape index (κ3) is 4.51. The van der Waals surface area contributed by atoms with E-state index in [-0.39, 0.29) is 18.7 Å². The van der Waals surface area contributed by atoms with Crippen LogP contribution in [-0.2, 0) is 4.79 Å². The van der Waals surface area contributed by atoms with E-state index >= 15 is 0 Å². The summed E-state index contributed by atoms with van der Waals surface area (Å²) in [4.78, 5) is 10.0. The van der Waals surface area contributed by atoms with Gasteiger partial charge < -0.3 is 31.0 Å². The van der Waals surface area contributed by atoms with Crippen LogP contribution in [0.5, 0.6) is 0 Å². The van der Waals surface area contributed by atoms with Gasteiger partial charge in [0, 0.05) is 0 Å². The van der Waals surface area contributed by atoms with Crippen molar-refractivity contribution in [1.82, 2.24) is 0 Å². The summed E-state index contributed by atoms with van der Waals surface area (Å²) in [6.07, 6.45) is -4.43. The second-order valence-corrected chi connectivity index (χ2v) is 2.44. The maximum atomic E-state index is 10.0. The Hall–Kier alpha value is -0.240. The first kappa shape index (κ1) is 15.2. The van der Waals surface area contributed by atoms with E-state index < -0.39 is 31.0 Å². The highest BCUT2D eigenvalue weighted by molar-refractivity contribution is 5.85. The monoisotopic (exact) mass is 216 g/mol. The van der Waals surface area contributed by atoms with E-state index in [2.05, 4.69) is 0 Å². The number of aliphatic hydroxyl groups is 4. The zero-order chi connectivity index (χ0) is 9.72. The molecule has 0 aliphatic rings. The zero-order valence-corrected chi connectivity index (χ0v) is 7.59. The molecule has 0 heterocycles. The van der Waals surface area contributed by atoms with Crippen molar-refractivity contribution >= 4 is 18.7 Å². The molecule has 0 radical (unpaired) electrons. The Morgan fingerprint density at radius 3 is 2.00 bits per heavy atom. The van der Waals surface area contributed by atoms with Crippen LogP contribution in [0, 0.1) is 0 Å². The predicted molar refractivity (Wildman–Crippen MR) is 46.4 cm³/mol. The minimum Gasteiger partial charge on any atom is -0.394 e. The van der Waals surface area contributed by atoms with Crippen LogP contribution in [0.3, 0.4) is 0 Å². The Bertz CT molecular complexity index is 147. The van der Waals surface area contributed by atoms with Crippen LogP contribution in [0.1, 0.15) is 0 Å². The number of hydrogen-bond donors (Lipinski definition) is 5. The summed E-state index contributed by atoms with van der Waals surface area (Å²) in [6, 6.07) is -1.26. The molecular weight excluding hydrogens is 203 g/mol. The Balaban J connectivity index is 0. The largest absolute Gasteiger partial charge is 0.394 e. The fraction of sp³-hybridized carbons (Fsp3) is 0.833. The lowest BCUT2D eigenvalue weighted by atomic mass is 10.1. The van der Waals surface area contributed by atoms with E-state index in [1.807, 2.05) is 0 Å². The molecule has 0 aromatic rings. The fourth-order valence-electron chi connectivity index (χ4n) is 0.644. The Labute approximate surface area is 81.4 Å². The summed E-state index contributed by atoms with van der Waals surface area (Å²) >= 11 is 0. The summed E-state index contributed by atoms with van der Waals surface area (Å²) in [5.74, 6) is 0. The number of nitrogens with two attached hydrogens (primary N) is 1. The van der Waals surface area contributed by atoms with Crippen molar-refractivity contribution in [3.05, 3.63) is 0 Å². The molecule has 0 aliphatic heterocycles. The van der Waals surface area contributed by atoms with Gasteiger partial charge in [0.25, 0.3) is 0 Å². The van der Waals surface area contributed by atoms with Crippen molar-refractivity contribution in [3.63, 3.8) is 0 Å². The molecule has 0 rings (SSSR count). The number of carbonyl (C=O) groups excluding carboxylic acids is 1. The van der Waals surface area contributed by atoms with Crippen molar-refractivity contribution in [2.45, 2.75) is 24.4 Å². The number of aliphatic hydroxyl groups excluding tert-OH is 4. The minimum atomic E-state index is -1.62. The third-order valence-corrected chi connectivity index (χ3v) is 1.48. The Kier molecular flexibility index (Phi) is 8.43. The summed E-state index contributed by atoms with van der Waals surface area (Å²) in [6.45, 7) is -0.705. The van der Waals surface area contributed by atoms with Gasteiger partial charge in [0.2, 0.25) is 0 Å². The quantitative estimate of drug-likeness (QED) is 0.247. The van der Waals surface area contributed by atoms with Crippen LogP contribution >= 0.6 is 12.4 Å². The topological polar surface area (TPSA) is 124 Å². The SMILES string of the molecule is Cl.N[13C@@H](C=O)[C@@H](O)[C@H](O)[C@H](O)CO. The predicted octanol–water partition coefficient (Wildman–Crippen LogP) is -2.99. The standard InChI is InChI=1S/C6H13NO5.ClH/c7-3(1-8)5(11)6(12)4(10)2-9;/h1,3-6,9-12H,2,7H2;1H/t3-,4+,5+,6+;/m0./s1/i3+1;. The van der Waals surface area contributed by atoms with Gasteiger partial charge in [-0.3, -0.25) is 0 Å². The van der Waals surface area contributed by atoms with Crippen molar-refractivity contribution in [2.75, 3.05) is 6.61 Å². The minimum absolute atomic E-state index is 0. The molecule has 6 N–H and O–H groups in total.